The number of cyclic esters (lactones) is 1. The van der Waals surface area contributed by atoms with Crippen LogP contribution >= 0.6 is 0 Å². The summed E-state index contributed by atoms with van der Waals surface area (Å²) in [4.78, 5) is 11.9. The number of aliphatic hydroxyl groups excluding tert-OH is 1. The largest absolute Gasteiger partial charge is 0.462 e. The zero-order chi connectivity index (χ0) is 17.3. The Labute approximate surface area is 136 Å². The molecule has 4 nitrogen and oxygen atoms in total. The zero-order valence-corrected chi connectivity index (χ0v) is 16.5. The first-order chi connectivity index (χ1) is 9.90. The lowest BCUT2D eigenvalue weighted by Gasteiger charge is -2.43. The Hall–Kier alpha value is -0.393. The lowest BCUT2D eigenvalue weighted by atomic mass is 9.87. The van der Waals surface area contributed by atoms with Crippen molar-refractivity contribution in [1.29, 1.82) is 0 Å². The Balaban J connectivity index is 2.81. The third kappa shape index (κ3) is 4.33. The number of rotatable bonds is 5. The molecule has 5 heteroatoms. The number of hydrogen-bond donors (Lipinski definition) is 1. The van der Waals surface area contributed by atoms with Crippen LogP contribution in [0.2, 0.25) is 18.1 Å². The van der Waals surface area contributed by atoms with Crippen molar-refractivity contribution >= 4 is 14.3 Å². The summed E-state index contributed by atoms with van der Waals surface area (Å²) in [6.45, 7) is 17.1. The van der Waals surface area contributed by atoms with E-state index in [1.165, 1.54) is 0 Å². The molecule has 0 spiro atoms. The molecule has 1 rings (SSSR count). The van der Waals surface area contributed by atoms with Crippen molar-refractivity contribution in [3.8, 4) is 0 Å². The number of ether oxygens (including phenoxy) is 1. The summed E-state index contributed by atoms with van der Waals surface area (Å²) >= 11 is 0. The van der Waals surface area contributed by atoms with Crippen LogP contribution in [0.4, 0.5) is 0 Å². The summed E-state index contributed by atoms with van der Waals surface area (Å²) in [7, 11) is -1.87. The average Bonchev–Trinajstić information content (AvgIpc) is 2.39. The first kappa shape index (κ1) is 19.7. The van der Waals surface area contributed by atoms with Gasteiger partial charge in [0.15, 0.2) is 8.32 Å². The van der Waals surface area contributed by atoms with E-state index in [-0.39, 0.29) is 29.1 Å². The van der Waals surface area contributed by atoms with E-state index in [1.54, 1.807) is 6.92 Å². The van der Waals surface area contributed by atoms with Crippen LogP contribution in [0.15, 0.2) is 0 Å². The molecule has 130 valence electrons. The van der Waals surface area contributed by atoms with Crippen molar-refractivity contribution in [2.24, 2.45) is 11.8 Å². The highest BCUT2D eigenvalue weighted by Crippen LogP contribution is 2.39. The smallest absolute Gasteiger partial charge is 0.311 e. The standard InChI is InChI=1S/C17H34O4Si/c1-9-14(21-22(7,8)17(4,5)6)12(3)15-10-13(18)11(2)16(19)20-15/h11-15,18H,9-10H2,1-8H3/t11?,12-,13?,14+,15-/m0/s1. The van der Waals surface area contributed by atoms with E-state index in [4.69, 9.17) is 9.16 Å². The molecular weight excluding hydrogens is 296 g/mol. The van der Waals surface area contributed by atoms with Crippen molar-refractivity contribution in [2.75, 3.05) is 0 Å². The molecule has 1 aliphatic heterocycles. The Kier molecular flexibility index (Phi) is 6.27. The van der Waals surface area contributed by atoms with Crippen LogP contribution in [0.25, 0.3) is 0 Å². The normalized spacial score (nSPS) is 29.9. The minimum atomic E-state index is -1.87. The van der Waals surface area contributed by atoms with Crippen LogP contribution in [0.1, 0.15) is 54.4 Å². The van der Waals surface area contributed by atoms with Crippen molar-refractivity contribution in [3.63, 3.8) is 0 Å². The molecule has 0 aliphatic carbocycles. The molecule has 0 amide bonds. The predicted molar refractivity (Wildman–Crippen MR) is 91.2 cm³/mol. The van der Waals surface area contributed by atoms with E-state index in [1.807, 2.05) is 0 Å². The van der Waals surface area contributed by atoms with Crippen LogP contribution in [0.3, 0.4) is 0 Å². The lowest BCUT2D eigenvalue weighted by Crippen LogP contribution is -2.50. The van der Waals surface area contributed by atoms with Crippen LogP contribution in [0.5, 0.6) is 0 Å². The molecular formula is C17H34O4Si. The van der Waals surface area contributed by atoms with Gasteiger partial charge in [-0.3, -0.25) is 4.79 Å². The second-order valence-electron chi connectivity index (χ2n) is 8.25. The maximum absolute atomic E-state index is 11.9. The second-order valence-corrected chi connectivity index (χ2v) is 13.0. The zero-order valence-electron chi connectivity index (χ0n) is 15.5. The predicted octanol–water partition coefficient (Wildman–Crippen LogP) is 3.74. The van der Waals surface area contributed by atoms with Gasteiger partial charge in [-0.25, -0.2) is 0 Å². The fraction of sp³-hybridized carbons (Fsp3) is 0.941. The second kappa shape index (κ2) is 7.01. The third-order valence-corrected chi connectivity index (χ3v) is 10.0. The summed E-state index contributed by atoms with van der Waals surface area (Å²) in [5.74, 6) is -0.632. The third-order valence-electron chi connectivity index (χ3n) is 5.52. The van der Waals surface area contributed by atoms with Gasteiger partial charge in [-0.15, -0.1) is 0 Å². The lowest BCUT2D eigenvalue weighted by molar-refractivity contribution is -0.175. The van der Waals surface area contributed by atoms with Gasteiger partial charge in [0.2, 0.25) is 0 Å². The van der Waals surface area contributed by atoms with Gasteiger partial charge in [-0.1, -0.05) is 34.6 Å². The van der Waals surface area contributed by atoms with E-state index in [0.717, 1.165) is 6.42 Å². The van der Waals surface area contributed by atoms with Gasteiger partial charge in [-0.2, -0.15) is 0 Å². The Morgan fingerprint density at radius 2 is 1.95 bits per heavy atom. The maximum atomic E-state index is 11.9. The summed E-state index contributed by atoms with van der Waals surface area (Å²) in [5, 5.41) is 10.2. The number of carbonyl (C=O) groups is 1. The minimum absolute atomic E-state index is 0.0549. The molecule has 1 N–H and O–H groups in total. The molecule has 1 aliphatic rings. The molecule has 0 aromatic heterocycles. The topological polar surface area (TPSA) is 55.8 Å². The van der Waals surface area contributed by atoms with Gasteiger partial charge in [0.25, 0.3) is 0 Å². The van der Waals surface area contributed by atoms with Crippen molar-refractivity contribution < 1.29 is 19.1 Å². The van der Waals surface area contributed by atoms with Crippen LogP contribution in [-0.4, -0.2) is 37.7 Å². The molecule has 0 aromatic carbocycles. The number of esters is 1. The van der Waals surface area contributed by atoms with Gasteiger partial charge >= 0.3 is 5.97 Å². The molecule has 0 aromatic rings. The van der Waals surface area contributed by atoms with Gasteiger partial charge < -0.3 is 14.3 Å². The fourth-order valence-electron chi connectivity index (χ4n) is 2.58. The number of aliphatic hydroxyl groups is 1. The highest BCUT2D eigenvalue weighted by Gasteiger charge is 2.43. The van der Waals surface area contributed by atoms with Crippen molar-refractivity contribution in [1.82, 2.24) is 0 Å². The Bertz CT molecular complexity index is 389. The van der Waals surface area contributed by atoms with E-state index in [9.17, 15) is 9.90 Å². The van der Waals surface area contributed by atoms with E-state index < -0.39 is 20.3 Å². The summed E-state index contributed by atoms with van der Waals surface area (Å²) < 4.78 is 12.1. The molecule has 22 heavy (non-hydrogen) atoms. The van der Waals surface area contributed by atoms with Crippen LogP contribution in [0, 0.1) is 11.8 Å². The molecule has 2 unspecified atom stereocenters. The fourth-order valence-corrected chi connectivity index (χ4v) is 4.07. The summed E-state index contributed by atoms with van der Waals surface area (Å²) in [6.07, 6.45) is 0.575. The molecule has 0 bridgehead atoms. The summed E-state index contributed by atoms with van der Waals surface area (Å²) in [6, 6.07) is 0. The first-order valence-corrected chi connectivity index (χ1v) is 11.4. The monoisotopic (exact) mass is 330 g/mol. The van der Waals surface area contributed by atoms with E-state index >= 15 is 0 Å². The number of carbonyl (C=O) groups excluding carboxylic acids is 1. The molecule has 1 fully saturated rings. The van der Waals surface area contributed by atoms with Gasteiger partial charge in [0.05, 0.1) is 18.1 Å². The molecule has 1 heterocycles. The quantitative estimate of drug-likeness (QED) is 0.616. The SMILES string of the molecule is CC[C@@H](O[Si](C)(C)C(C)(C)C)[C@H](C)[C@@H]1CC(O)C(C)C(=O)O1. The van der Waals surface area contributed by atoms with E-state index in [0.29, 0.717) is 6.42 Å². The van der Waals surface area contributed by atoms with Crippen LogP contribution < -0.4 is 0 Å². The highest BCUT2D eigenvalue weighted by atomic mass is 28.4. The van der Waals surface area contributed by atoms with Gasteiger partial charge in [0.1, 0.15) is 6.10 Å². The molecule has 0 saturated carbocycles. The first-order valence-electron chi connectivity index (χ1n) is 8.47. The van der Waals surface area contributed by atoms with Crippen LogP contribution in [-0.2, 0) is 14.0 Å². The molecule has 5 atom stereocenters. The Morgan fingerprint density at radius 3 is 2.36 bits per heavy atom. The molecule has 0 radical (unpaired) electrons. The Morgan fingerprint density at radius 1 is 1.41 bits per heavy atom. The number of hydrogen-bond acceptors (Lipinski definition) is 4. The highest BCUT2D eigenvalue weighted by molar-refractivity contribution is 6.74. The average molecular weight is 331 g/mol. The maximum Gasteiger partial charge on any atom is 0.311 e. The van der Waals surface area contributed by atoms with Gasteiger partial charge in [0, 0.05) is 12.3 Å². The van der Waals surface area contributed by atoms with Crippen molar-refractivity contribution in [3.05, 3.63) is 0 Å². The summed E-state index contributed by atoms with van der Waals surface area (Å²) in [5.41, 5.74) is 0. The minimum Gasteiger partial charge on any atom is -0.462 e. The van der Waals surface area contributed by atoms with Gasteiger partial charge in [-0.05, 0) is 31.5 Å². The van der Waals surface area contributed by atoms with Crippen molar-refractivity contribution in [2.45, 2.75) is 90.8 Å². The molecule has 1 saturated heterocycles. The van der Waals surface area contributed by atoms with E-state index in [2.05, 4.69) is 47.7 Å².